The van der Waals surface area contributed by atoms with E-state index in [0.717, 1.165) is 17.2 Å². The van der Waals surface area contributed by atoms with E-state index in [1.165, 1.54) is 5.56 Å². The minimum atomic E-state index is -4.59. The van der Waals surface area contributed by atoms with Gasteiger partial charge in [0.1, 0.15) is 11.6 Å². The van der Waals surface area contributed by atoms with Gasteiger partial charge in [-0.15, -0.1) is 0 Å². The second-order valence-corrected chi connectivity index (χ2v) is 8.14. The first-order chi connectivity index (χ1) is 11.9. The third kappa shape index (κ3) is 4.25. The lowest BCUT2D eigenvalue weighted by Crippen LogP contribution is -2.12. The number of allylic oxidation sites excluding steroid dienone is 2. The van der Waals surface area contributed by atoms with Crippen LogP contribution >= 0.6 is 11.6 Å². The van der Waals surface area contributed by atoms with Crippen molar-refractivity contribution in [1.82, 2.24) is 0 Å². The highest BCUT2D eigenvalue weighted by Gasteiger charge is 2.62. The number of alkyl halides is 3. The Morgan fingerprint density at radius 1 is 1.35 bits per heavy atom. The average molecular weight is 389 g/mol. The molecule has 1 aliphatic carbocycles. The standard InChI is InChI=1S/C20H24ClF3O2/c1-11(2)14-8-6-7-13(12(14)3)10-26-18(25)17-15(19(17,4)5)9-16(21)20(22,23)24/h6-9,11,15,17H,10H2,1-5H3/t15-,17-/m0/s1. The molecule has 144 valence electrons. The van der Waals surface area contributed by atoms with Crippen molar-refractivity contribution in [3.8, 4) is 0 Å². The molecule has 0 N–H and O–H groups in total. The molecule has 2 rings (SSSR count). The molecular weight excluding hydrogens is 365 g/mol. The summed E-state index contributed by atoms with van der Waals surface area (Å²) in [5.41, 5.74) is 2.56. The maximum absolute atomic E-state index is 12.6. The molecule has 0 saturated heterocycles. The smallest absolute Gasteiger partial charge is 0.426 e. The number of carbonyl (C=O) groups is 1. The van der Waals surface area contributed by atoms with E-state index in [0.29, 0.717) is 5.92 Å². The van der Waals surface area contributed by atoms with Gasteiger partial charge in [-0.2, -0.15) is 13.2 Å². The van der Waals surface area contributed by atoms with E-state index in [-0.39, 0.29) is 6.61 Å². The predicted molar refractivity (Wildman–Crippen MR) is 95.8 cm³/mol. The van der Waals surface area contributed by atoms with Crippen LogP contribution in [0.3, 0.4) is 0 Å². The Balaban J connectivity index is 2.07. The number of hydrogen-bond donors (Lipinski definition) is 0. The monoisotopic (exact) mass is 388 g/mol. The average Bonchev–Trinajstić information content (AvgIpc) is 3.05. The van der Waals surface area contributed by atoms with Crippen LogP contribution in [-0.2, 0) is 16.1 Å². The van der Waals surface area contributed by atoms with Gasteiger partial charge in [0, 0.05) is 0 Å². The van der Waals surface area contributed by atoms with Crippen molar-refractivity contribution in [2.45, 2.75) is 53.3 Å². The Hall–Kier alpha value is -1.49. The molecule has 1 fully saturated rings. The Bertz CT molecular complexity index is 720. The van der Waals surface area contributed by atoms with Gasteiger partial charge in [-0.05, 0) is 40.9 Å². The van der Waals surface area contributed by atoms with Gasteiger partial charge in [-0.1, -0.05) is 63.6 Å². The summed E-state index contributed by atoms with van der Waals surface area (Å²) >= 11 is 5.31. The maximum Gasteiger partial charge on any atom is 0.426 e. The lowest BCUT2D eigenvalue weighted by Gasteiger charge is -2.14. The van der Waals surface area contributed by atoms with Gasteiger partial charge >= 0.3 is 12.1 Å². The summed E-state index contributed by atoms with van der Waals surface area (Å²) in [6.45, 7) is 9.75. The fraction of sp³-hybridized carbons (Fsp3) is 0.550. The fourth-order valence-corrected chi connectivity index (χ4v) is 3.55. The zero-order valence-electron chi connectivity index (χ0n) is 15.6. The number of hydrogen-bond acceptors (Lipinski definition) is 2. The summed E-state index contributed by atoms with van der Waals surface area (Å²) in [6, 6.07) is 5.85. The zero-order chi connectivity index (χ0) is 19.9. The summed E-state index contributed by atoms with van der Waals surface area (Å²) < 4.78 is 43.3. The van der Waals surface area contributed by atoms with E-state index in [2.05, 4.69) is 13.8 Å². The van der Waals surface area contributed by atoms with Crippen molar-refractivity contribution >= 4 is 17.6 Å². The van der Waals surface area contributed by atoms with Crippen LogP contribution in [0.15, 0.2) is 29.3 Å². The van der Waals surface area contributed by atoms with Crippen LogP contribution in [0.2, 0.25) is 0 Å². The molecule has 0 radical (unpaired) electrons. The minimum absolute atomic E-state index is 0.112. The number of rotatable bonds is 5. The Morgan fingerprint density at radius 3 is 2.50 bits per heavy atom. The van der Waals surface area contributed by atoms with Crippen LogP contribution in [0.1, 0.15) is 50.3 Å². The van der Waals surface area contributed by atoms with Gasteiger partial charge < -0.3 is 4.74 Å². The third-order valence-electron chi connectivity index (χ3n) is 5.24. The minimum Gasteiger partial charge on any atom is -0.461 e. The Labute approximate surface area is 157 Å². The highest BCUT2D eigenvalue weighted by atomic mass is 35.5. The molecule has 1 aromatic rings. The normalized spacial score (nSPS) is 22.5. The molecule has 1 aliphatic rings. The molecule has 0 aromatic heterocycles. The first-order valence-electron chi connectivity index (χ1n) is 8.57. The topological polar surface area (TPSA) is 26.3 Å². The SMILES string of the molecule is Cc1c(COC(=O)[C@@H]2[C@H](C=C(Cl)C(F)(F)F)C2(C)C)cccc1C(C)C. The largest absolute Gasteiger partial charge is 0.461 e. The summed E-state index contributed by atoms with van der Waals surface area (Å²) in [4.78, 5) is 12.4. The van der Waals surface area contributed by atoms with Crippen molar-refractivity contribution in [2.75, 3.05) is 0 Å². The van der Waals surface area contributed by atoms with Crippen LogP contribution < -0.4 is 0 Å². The third-order valence-corrected chi connectivity index (χ3v) is 5.58. The molecular formula is C20H24ClF3O2. The molecule has 2 nitrogen and oxygen atoms in total. The van der Waals surface area contributed by atoms with E-state index in [4.69, 9.17) is 16.3 Å². The van der Waals surface area contributed by atoms with Crippen molar-refractivity contribution in [2.24, 2.45) is 17.3 Å². The van der Waals surface area contributed by atoms with Crippen LogP contribution in [0.5, 0.6) is 0 Å². The van der Waals surface area contributed by atoms with E-state index < -0.39 is 34.4 Å². The number of ether oxygens (including phenoxy) is 1. The first-order valence-corrected chi connectivity index (χ1v) is 8.94. The number of halogens is 4. The molecule has 0 aliphatic heterocycles. The van der Waals surface area contributed by atoms with Crippen LogP contribution in [0, 0.1) is 24.2 Å². The molecule has 0 heterocycles. The van der Waals surface area contributed by atoms with Gasteiger partial charge in [-0.25, -0.2) is 0 Å². The summed E-state index contributed by atoms with van der Waals surface area (Å²) in [7, 11) is 0. The van der Waals surface area contributed by atoms with Gasteiger partial charge in [-0.3, -0.25) is 4.79 Å². The second kappa shape index (κ2) is 7.26. The number of carbonyl (C=O) groups excluding carboxylic acids is 1. The second-order valence-electron chi connectivity index (χ2n) is 7.73. The van der Waals surface area contributed by atoms with Crippen molar-refractivity contribution in [3.63, 3.8) is 0 Å². The van der Waals surface area contributed by atoms with Crippen molar-refractivity contribution in [3.05, 3.63) is 46.0 Å². The van der Waals surface area contributed by atoms with Gasteiger partial charge in [0.05, 0.1) is 5.92 Å². The molecule has 0 bridgehead atoms. The van der Waals surface area contributed by atoms with Gasteiger partial charge in [0.25, 0.3) is 0 Å². The molecule has 2 atom stereocenters. The van der Waals surface area contributed by atoms with E-state index in [1.54, 1.807) is 13.8 Å². The van der Waals surface area contributed by atoms with Crippen molar-refractivity contribution < 1.29 is 22.7 Å². The van der Waals surface area contributed by atoms with Crippen LogP contribution in [0.25, 0.3) is 0 Å². The summed E-state index contributed by atoms with van der Waals surface area (Å²) in [5, 5.41) is -1.19. The van der Waals surface area contributed by atoms with E-state index in [1.807, 2.05) is 25.1 Å². The van der Waals surface area contributed by atoms with Crippen LogP contribution in [0.4, 0.5) is 13.2 Å². The molecule has 0 amide bonds. The fourth-order valence-electron chi connectivity index (χ4n) is 3.41. The highest BCUT2D eigenvalue weighted by molar-refractivity contribution is 6.30. The highest BCUT2D eigenvalue weighted by Crippen LogP contribution is 2.60. The molecule has 6 heteroatoms. The molecule has 1 aromatic carbocycles. The predicted octanol–water partition coefficient (Wildman–Crippen LogP) is 6.12. The maximum atomic E-state index is 12.6. The molecule has 0 spiro atoms. The Morgan fingerprint density at radius 2 is 1.96 bits per heavy atom. The number of benzene rings is 1. The summed E-state index contributed by atoms with van der Waals surface area (Å²) in [6.07, 6.45) is -3.67. The lowest BCUT2D eigenvalue weighted by atomic mass is 9.95. The van der Waals surface area contributed by atoms with Gasteiger partial charge in [0.2, 0.25) is 0 Å². The first kappa shape index (κ1) is 20.8. The van der Waals surface area contributed by atoms with E-state index in [9.17, 15) is 18.0 Å². The number of esters is 1. The quantitative estimate of drug-likeness (QED) is 0.568. The van der Waals surface area contributed by atoms with E-state index >= 15 is 0 Å². The Kier molecular flexibility index (Phi) is 5.81. The zero-order valence-corrected chi connectivity index (χ0v) is 16.3. The lowest BCUT2D eigenvalue weighted by molar-refractivity contribution is -0.147. The van der Waals surface area contributed by atoms with Crippen molar-refractivity contribution in [1.29, 1.82) is 0 Å². The molecule has 1 saturated carbocycles. The van der Waals surface area contributed by atoms with Crippen LogP contribution in [-0.4, -0.2) is 12.1 Å². The molecule has 26 heavy (non-hydrogen) atoms. The van der Waals surface area contributed by atoms with Gasteiger partial charge in [0.15, 0.2) is 0 Å². The summed E-state index contributed by atoms with van der Waals surface area (Å²) in [5.74, 6) is -1.33. The molecule has 0 unspecified atom stereocenters.